The van der Waals surface area contributed by atoms with Gasteiger partial charge < -0.3 is 10.5 Å². The number of nitrogens with two attached hydrogens (primary N) is 1. The molecule has 1 unspecified atom stereocenters. The zero-order valence-electron chi connectivity index (χ0n) is 10.7. The minimum atomic E-state index is 0.360. The van der Waals surface area contributed by atoms with E-state index in [4.69, 9.17) is 10.5 Å². The molecule has 0 aliphatic rings. The summed E-state index contributed by atoms with van der Waals surface area (Å²) in [5, 5.41) is 0. The van der Waals surface area contributed by atoms with E-state index in [2.05, 4.69) is 36.4 Å². The van der Waals surface area contributed by atoms with Gasteiger partial charge in [0.25, 0.3) is 0 Å². The summed E-state index contributed by atoms with van der Waals surface area (Å²) in [7, 11) is 1.69. The highest BCUT2D eigenvalue weighted by molar-refractivity contribution is 5.31. The first-order chi connectivity index (χ1) is 8.83. The minimum Gasteiger partial charge on any atom is -0.497 e. The molecule has 2 nitrogen and oxygen atoms in total. The molecule has 0 spiro atoms. The van der Waals surface area contributed by atoms with Gasteiger partial charge in [-0.25, -0.2) is 0 Å². The van der Waals surface area contributed by atoms with Crippen molar-refractivity contribution in [2.45, 2.75) is 12.3 Å². The molecule has 0 amide bonds. The zero-order valence-corrected chi connectivity index (χ0v) is 10.7. The van der Waals surface area contributed by atoms with E-state index in [1.807, 2.05) is 18.2 Å². The molecule has 2 rings (SSSR count). The maximum Gasteiger partial charge on any atom is 0.119 e. The SMILES string of the molecule is COc1cccc(CC(CN)c2ccccc2)c1. The summed E-state index contributed by atoms with van der Waals surface area (Å²) >= 11 is 0. The van der Waals surface area contributed by atoms with Crippen LogP contribution < -0.4 is 10.5 Å². The Labute approximate surface area is 108 Å². The van der Waals surface area contributed by atoms with Gasteiger partial charge in [0.05, 0.1) is 7.11 Å². The number of ether oxygens (including phenoxy) is 1. The van der Waals surface area contributed by atoms with E-state index in [1.165, 1.54) is 11.1 Å². The summed E-state index contributed by atoms with van der Waals surface area (Å²) in [5.74, 6) is 1.26. The summed E-state index contributed by atoms with van der Waals surface area (Å²) in [6.45, 7) is 0.654. The molecule has 0 fully saturated rings. The van der Waals surface area contributed by atoms with Gasteiger partial charge in [0.1, 0.15) is 5.75 Å². The Hall–Kier alpha value is -1.80. The van der Waals surface area contributed by atoms with Gasteiger partial charge in [-0.15, -0.1) is 0 Å². The van der Waals surface area contributed by atoms with Crippen LogP contribution in [-0.4, -0.2) is 13.7 Å². The monoisotopic (exact) mass is 241 g/mol. The van der Waals surface area contributed by atoms with E-state index in [9.17, 15) is 0 Å². The predicted octanol–water partition coefficient (Wildman–Crippen LogP) is 2.98. The number of benzene rings is 2. The molecule has 2 N–H and O–H groups in total. The summed E-state index contributed by atoms with van der Waals surface area (Å²) in [4.78, 5) is 0. The molecule has 94 valence electrons. The van der Waals surface area contributed by atoms with Crippen LogP contribution in [0.3, 0.4) is 0 Å². The topological polar surface area (TPSA) is 35.2 Å². The third-order valence-electron chi connectivity index (χ3n) is 3.17. The van der Waals surface area contributed by atoms with Gasteiger partial charge in [0, 0.05) is 5.92 Å². The van der Waals surface area contributed by atoms with E-state index >= 15 is 0 Å². The Bertz CT molecular complexity index is 481. The number of hydrogen-bond acceptors (Lipinski definition) is 2. The van der Waals surface area contributed by atoms with Gasteiger partial charge in [-0.05, 0) is 36.2 Å². The van der Waals surface area contributed by atoms with Crippen molar-refractivity contribution < 1.29 is 4.74 Å². The van der Waals surface area contributed by atoms with Crippen molar-refractivity contribution in [1.82, 2.24) is 0 Å². The van der Waals surface area contributed by atoms with Crippen molar-refractivity contribution in [2.75, 3.05) is 13.7 Å². The Morgan fingerprint density at radius 2 is 1.83 bits per heavy atom. The van der Waals surface area contributed by atoms with Crippen molar-refractivity contribution in [3.8, 4) is 5.75 Å². The van der Waals surface area contributed by atoms with Crippen LogP contribution in [0.1, 0.15) is 17.0 Å². The molecule has 2 aromatic rings. The summed E-state index contributed by atoms with van der Waals surface area (Å²) in [6, 6.07) is 18.6. The third kappa shape index (κ3) is 3.11. The Kier molecular flexibility index (Phi) is 4.37. The van der Waals surface area contributed by atoms with Crippen molar-refractivity contribution >= 4 is 0 Å². The molecule has 18 heavy (non-hydrogen) atoms. The summed E-state index contributed by atoms with van der Waals surface area (Å²) in [5.41, 5.74) is 8.44. The molecule has 1 atom stereocenters. The minimum absolute atomic E-state index is 0.360. The second kappa shape index (κ2) is 6.22. The lowest BCUT2D eigenvalue weighted by molar-refractivity contribution is 0.414. The molecule has 2 heteroatoms. The average molecular weight is 241 g/mol. The standard InChI is InChI=1S/C16H19NO/c1-18-16-9-5-6-13(11-16)10-15(12-17)14-7-3-2-4-8-14/h2-9,11,15H,10,12,17H2,1H3. The van der Waals surface area contributed by atoms with Crippen LogP contribution in [0.4, 0.5) is 0 Å². The van der Waals surface area contributed by atoms with E-state index in [1.54, 1.807) is 7.11 Å². The molecule has 0 heterocycles. The Balaban J connectivity index is 2.15. The maximum atomic E-state index is 5.89. The van der Waals surface area contributed by atoms with Gasteiger partial charge in [-0.3, -0.25) is 0 Å². The molecule has 2 aromatic carbocycles. The number of methoxy groups -OCH3 is 1. The summed E-state index contributed by atoms with van der Waals surface area (Å²) in [6.07, 6.45) is 0.942. The molecule has 0 bridgehead atoms. The first-order valence-corrected chi connectivity index (χ1v) is 6.21. The van der Waals surface area contributed by atoms with Crippen molar-refractivity contribution in [1.29, 1.82) is 0 Å². The van der Waals surface area contributed by atoms with Gasteiger partial charge >= 0.3 is 0 Å². The van der Waals surface area contributed by atoms with Crippen molar-refractivity contribution in [2.24, 2.45) is 5.73 Å². The first kappa shape index (κ1) is 12.7. The fourth-order valence-electron chi connectivity index (χ4n) is 2.15. The van der Waals surface area contributed by atoms with Crippen molar-refractivity contribution in [3.63, 3.8) is 0 Å². The van der Waals surface area contributed by atoms with Crippen LogP contribution in [0.2, 0.25) is 0 Å². The van der Waals surface area contributed by atoms with E-state index in [0.717, 1.165) is 12.2 Å². The molecule has 0 aliphatic heterocycles. The predicted molar refractivity (Wildman–Crippen MR) is 74.9 cm³/mol. The van der Waals surface area contributed by atoms with E-state index < -0.39 is 0 Å². The number of rotatable bonds is 5. The smallest absolute Gasteiger partial charge is 0.119 e. The van der Waals surface area contributed by atoms with E-state index in [0.29, 0.717) is 12.5 Å². The Morgan fingerprint density at radius 3 is 2.50 bits per heavy atom. The van der Waals surface area contributed by atoms with Crippen LogP contribution in [-0.2, 0) is 6.42 Å². The normalized spacial score (nSPS) is 12.1. The largest absolute Gasteiger partial charge is 0.497 e. The zero-order chi connectivity index (χ0) is 12.8. The van der Waals surface area contributed by atoms with Crippen LogP contribution in [0, 0.1) is 0 Å². The molecule has 0 saturated heterocycles. The van der Waals surface area contributed by atoms with Gasteiger partial charge in [-0.1, -0.05) is 42.5 Å². The van der Waals surface area contributed by atoms with Crippen LogP contribution in [0.25, 0.3) is 0 Å². The lowest BCUT2D eigenvalue weighted by Crippen LogP contribution is -2.15. The maximum absolute atomic E-state index is 5.89. The van der Waals surface area contributed by atoms with Crippen molar-refractivity contribution in [3.05, 3.63) is 65.7 Å². The fraction of sp³-hybridized carbons (Fsp3) is 0.250. The van der Waals surface area contributed by atoms with Crippen LogP contribution in [0.15, 0.2) is 54.6 Å². The molecular weight excluding hydrogens is 222 g/mol. The third-order valence-corrected chi connectivity index (χ3v) is 3.17. The van der Waals surface area contributed by atoms with Gasteiger partial charge in [0.2, 0.25) is 0 Å². The lowest BCUT2D eigenvalue weighted by atomic mass is 9.92. The quantitative estimate of drug-likeness (QED) is 0.873. The van der Waals surface area contributed by atoms with E-state index in [-0.39, 0.29) is 0 Å². The van der Waals surface area contributed by atoms with Crippen LogP contribution >= 0.6 is 0 Å². The Morgan fingerprint density at radius 1 is 1.06 bits per heavy atom. The molecule has 0 aromatic heterocycles. The molecule has 0 aliphatic carbocycles. The second-order valence-corrected chi connectivity index (χ2v) is 4.40. The molecular formula is C16H19NO. The summed E-state index contributed by atoms with van der Waals surface area (Å²) < 4.78 is 5.24. The second-order valence-electron chi connectivity index (χ2n) is 4.40. The highest BCUT2D eigenvalue weighted by Gasteiger charge is 2.10. The molecule has 0 radical (unpaired) electrons. The average Bonchev–Trinajstić information content (AvgIpc) is 2.46. The highest BCUT2D eigenvalue weighted by atomic mass is 16.5. The first-order valence-electron chi connectivity index (χ1n) is 6.21. The molecule has 0 saturated carbocycles. The van der Waals surface area contributed by atoms with Gasteiger partial charge in [0.15, 0.2) is 0 Å². The van der Waals surface area contributed by atoms with Gasteiger partial charge in [-0.2, -0.15) is 0 Å². The fourth-order valence-corrected chi connectivity index (χ4v) is 2.15. The highest BCUT2D eigenvalue weighted by Crippen LogP contribution is 2.22. The number of hydrogen-bond donors (Lipinski definition) is 1. The lowest BCUT2D eigenvalue weighted by Gasteiger charge is -2.15. The van der Waals surface area contributed by atoms with Crippen LogP contribution in [0.5, 0.6) is 5.75 Å².